The van der Waals surface area contributed by atoms with Crippen LogP contribution in [0.3, 0.4) is 0 Å². The van der Waals surface area contributed by atoms with Crippen LogP contribution in [0.25, 0.3) is 33.7 Å². The molecule has 6 heteroatoms. The third-order valence-electron chi connectivity index (χ3n) is 10.7. The van der Waals surface area contributed by atoms with Gasteiger partial charge in [0.15, 0.2) is 5.78 Å². The van der Waals surface area contributed by atoms with E-state index in [9.17, 15) is 11.3 Å². The number of rotatable bonds is 10. The maximum atomic E-state index is 11.7. The van der Waals surface area contributed by atoms with E-state index < -0.39 is 13.3 Å². The average molecular weight is 942 g/mol. The number of ketones is 1. The zero-order chi connectivity index (χ0) is 37.4. The first-order chi connectivity index (χ1) is 24.1. The molecule has 0 amide bonds. The second-order valence-corrected chi connectivity index (χ2v) is 27.5. The number of carbonyl (C=O) groups is 1. The second-order valence-electron chi connectivity index (χ2n) is 15.5. The van der Waals surface area contributed by atoms with Gasteiger partial charge in [0.2, 0.25) is 0 Å². The summed E-state index contributed by atoms with van der Waals surface area (Å²) in [6.45, 7) is 15.0. The summed E-state index contributed by atoms with van der Waals surface area (Å²) in [7, 11) is 2.14. The van der Waals surface area contributed by atoms with Crippen molar-refractivity contribution in [1.82, 2.24) is 0 Å². The normalized spacial score (nSPS) is 16.9. The van der Waals surface area contributed by atoms with Crippen LogP contribution in [-0.4, -0.2) is 24.2 Å². The van der Waals surface area contributed by atoms with Crippen LogP contribution in [0.1, 0.15) is 104 Å². The fourth-order valence-electron chi connectivity index (χ4n) is 7.61. The standard InChI is InChI=1S/C32H33GeNS.C13H24O2.Ir/c1-20(2)28-25-11-9-8-10-22(25)18-26-30-29-23(16-17-34(30)7)19-27(32(29,3)35-31(26)28)21-12-14-24(15-13-21)33(4,5)6;1-5-10(6-2)12(14)9-13(15)11(7-3)8-4;/h8-17,19-20H,1-7H3;9-11,14H,5-8H2,1-4H3;/b;12-9-;/i19D;;. The summed E-state index contributed by atoms with van der Waals surface area (Å²) in [5.41, 5.74) is 8.43. The van der Waals surface area contributed by atoms with Gasteiger partial charge in [0.25, 0.3) is 0 Å². The van der Waals surface area contributed by atoms with Crippen LogP contribution in [0.5, 0.6) is 0 Å². The fourth-order valence-corrected chi connectivity index (χ4v) is 11.7. The van der Waals surface area contributed by atoms with Gasteiger partial charge < -0.3 is 5.11 Å². The molecule has 0 spiro atoms. The van der Waals surface area contributed by atoms with Crippen molar-refractivity contribution >= 4 is 57.6 Å². The Hall–Kier alpha value is -2.44. The SMILES string of the molecule is CCC(CC)C(=O)/C=C(\O)C(CC)CC.[2H]C1=C(c2cc[c]([Ge]([CH3])([CH3])[CH3])cc2)C2(C)Sc3c([c-]c4ccccc4c3C(C)C)-c3c2c1cc[n+]3C.[Ir]. The molecule has 273 valence electrons. The monoisotopic (exact) mass is 943 g/mol. The summed E-state index contributed by atoms with van der Waals surface area (Å²) in [6.07, 6.45) is 7.03. The number of nitrogens with zero attached hydrogens (tertiary/aromatic N) is 1. The van der Waals surface area contributed by atoms with Gasteiger partial charge in [-0.1, -0.05) is 33.8 Å². The van der Waals surface area contributed by atoms with Gasteiger partial charge in [0.05, 0.1) is 5.76 Å². The Labute approximate surface area is 329 Å². The Morgan fingerprint density at radius 3 is 2.16 bits per heavy atom. The van der Waals surface area contributed by atoms with Crippen LogP contribution in [0.4, 0.5) is 0 Å². The molecule has 0 bridgehead atoms. The van der Waals surface area contributed by atoms with Gasteiger partial charge in [-0.25, -0.2) is 0 Å². The van der Waals surface area contributed by atoms with Gasteiger partial charge in [-0.05, 0) is 25.7 Å². The van der Waals surface area contributed by atoms with E-state index >= 15 is 0 Å². The molecule has 2 aliphatic rings. The van der Waals surface area contributed by atoms with Crippen molar-refractivity contribution in [2.45, 2.75) is 107 Å². The van der Waals surface area contributed by atoms with Crippen LogP contribution < -0.4 is 8.96 Å². The number of aliphatic hydroxyl groups excluding tert-OH is 1. The van der Waals surface area contributed by atoms with Crippen molar-refractivity contribution in [2.75, 3.05) is 0 Å². The number of aryl methyl sites for hydroxylation is 1. The van der Waals surface area contributed by atoms with Crippen LogP contribution in [0.15, 0.2) is 77.5 Å². The Morgan fingerprint density at radius 1 is 0.980 bits per heavy atom. The number of fused-ring (bicyclic) bond motifs is 3. The summed E-state index contributed by atoms with van der Waals surface area (Å²) in [5.74, 6) is 8.24. The van der Waals surface area contributed by atoms with Crippen molar-refractivity contribution in [3.63, 3.8) is 0 Å². The first-order valence-electron chi connectivity index (χ1n) is 19.1. The number of carbonyl (C=O) groups excluding carboxylic acids is 1. The number of hydrogen-bond donors (Lipinski definition) is 1. The summed E-state index contributed by atoms with van der Waals surface area (Å²) in [4.78, 5) is 13.0. The van der Waals surface area contributed by atoms with Crippen molar-refractivity contribution in [3.8, 4) is 11.3 Å². The number of allylic oxidation sites excluding steroid dienone is 2. The van der Waals surface area contributed by atoms with Crippen LogP contribution in [-0.2, 0) is 36.7 Å². The van der Waals surface area contributed by atoms with E-state index in [1.165, 1.54) is 54.1 Å². The molecule has 0 saturated heterocycles. The van der Waals surface area contributed by atoms with Crippen molar-refractivity contribution in [3.05, 3.63) is 101 Å². The molecular weight excluding hydrogens is 883 g/mol. The molecule has 0 saturated carbocycles. The van der Waals surface area contributed by atoms with E-state index in [2.05, 4.69) is 117 Å². The predicted molar refractivity (Wildman–Crippen MR) is 218 cm³/mol. The maximum absolute atomic E-state index is 11.7. The fraction of sp³-hybridized carbons (Fsp3) is 0.422. The number of aliphatic hydroxyl groups is 1. The molecule has 1 atom stereocenters. The number of aromatic nitrogens is 1. The molecule has 3 nitrogen and oxygen atoms in total. The van der Waals surface area contributed by atoms with Crippen LogP contribution >= 0.6 is 11.8 Å². The van der Waals surface area contributed by atoms with Gasteiger partial charge >= 0.3 is 213 Å². The molecule has 1 aliphatic heterocycles. The van der Waals surface area contributed by atoms with Crippen LogP contribution in [0.2, 0.25) is 17.3 Å². The van der Waals surface area contributed by atoms with E-state index in [-0.39, 0.29) is 48.2 Å². The topological polar surface area (TPSA) is 41.2 Å². The third kappa shape index (κ3) is 8.08. The molecule has 6 rings (SSSR count). The minimum Gasteiger partial charge on any atom is 0 e. The molecule has 4 aromatic rings. The van der Waals surface area contributed by atoms with E-state index in [0.29, 0.717) is 12.0 Å². The Morgan fingerprint density at radius 2 is 1.59 bits per heavy atom. The summed E-state index contributed by atoms with van der Waals surface area (Å²) < 4.78 is 12.8. The minimum absolute atomic E-state index is 0. The molecule has 1 unspecified atom stereocenters. The van der Waals surface area contributed by atoms with Gasteiger partial charge in [-0.3, -0.25) is 4.79 Å². The number of thioether (sulfide) groups is 1. The van der Waals surface area contributed by atoms with E-state index in [0.717, 1.165) is 36.8 Å². The van der Waals surface area contributed by atoms with E-state index in [1.807, 2.05) is 39.5 Å². The van der Waals surface area contributed by atoms with E-state index in [1.54, 1.807) is 0 Å². The molecular formula is C45H57GeIrNO2S. The van der Waals surface area contributed by atoms with E-state index in [4.69, 9.17) is 0 Å². The zero-order valence-corrected chi connectivity index (χ0v) is 37.8. The van der Waals surface area contributed by atoms with Gasteiger partial charge in [-0.15, -0.1) is 0 Å². The zero-order valence-electron chi connectivity index (χ0n) is 33.5. The van der Waals surface area contributed by atoms with Gasteiger partial charge in [0.1, 0.15) is 0 Å². The predicted octanol–water partition coefficient (Wildman–Crippen LogP) is 11.5. The van der Waals surface area contributed by atoms with Gasteiger partial charge in [-0.2, -0.15) is 0 Å². The molecule has 1 radical (unpaired) electrons. The summed E-state index contributed by atoms with van der Waals surface area (Å²) in [6, 6.07) is 24.5. The Kier molecular flexibility index (Phi) is 13.0. The molecule has 3 aromatic carbocycles. The number of pyridine rings is 1. The molecule has 1 aliphatic carbocycles. The quantitative estimate of drug-likeness (QED) is 0.0566. The largest absolute Gasteiger partial charge is 0 e. The molecule has 51 heavy (non-hydrogen) atoms. The Bertz CT molecular complexity index is 2000. The molecule has 1 aromatic heterocycles. The average Bonchev–Trinajstić information content (AvgIpc) is 3.31. The third-order valence-corrected chi connectivity index (χ3v) is 16.5. The first-order valence-corrected chi connectivity index (χ1v) is 26.8. The minimum atomic E-state index is -1.92. The maximum Gasteiger partial charge on any atom is 0 e. The summed E-state index contributed by atoms with van der Waals surface area (Å²) >= 11 is 0.0207. The summed E-state index contributed by atoms with van der Waals surface area (Å²) in [5, 5.41) is 12.2. The van der Waals surface area contributed by atoms with Gasteiger partial charge in [0, 0.05) is 38.0 Å². The van der Waals surface area contributed by atoms with Crippen molar-refractivity contribution in [2.24, 2.45) is 18.9 Å². The Balaban J connectivity index is 0.000000323. The first kappa shape index (κ1) is 39.8. The molecule has 0 fully saturated rings. The van der Waals surface area contributed by atoms with Crippen molar-refractivity contribution in [1.29, 1.82) is 0 Å². The smallest absolute Gasteiger partial charge is 0 e. The van der Waals surface area contributed by atoms with Crippen molar-refractivity contribution < 1.29 is 35.9 Å². The van der Waals surface area contributed by atoms with Crippen LogP contribution in [0, 0.1) is 17.9 Å². The second kappa shape index (κ2) is 16.7. The number of hydrogen-bond acceptors (Lipinski definition) is 3. The molecule has 2 heterocycles. The number of benzene rings is 3. The molecule has 1 N–H and O–H groups in total.